The van der Waals surface area contributed by atoms with E-state index in [-0.39, 0.29) is 28.9 Å². The van der Waals surface area contributed by atoms with E-state index in [9.17, 15) is 18.4 Å². The van der Waals surface area contributed by atoms with E-state index >= 15 is 0 Å². The fourth-order valence-corrected chi connectivity index (χ4v) is 3.04. The number of benzene rings is 2. The Hall–Kier alpha value is -2.61. The molecule has 0 unspecified atom stereocenters. The molecule has 0 aromatic heterocycles. The fraction of sp³-hybridized carbons (Fsp3) is 0.263. The Morgan fingerprint density at radius 1 is 1.15 bits per heavy atom. The maximum atomic E-state index is 12.3. The van der Waals surface area contributed by atoms with Gasteiger partial charge in [0.15, 0.2) is 17.3 Å². The minimum absolute atomic E-state index is 0.0376. The number of halogens is 2. The summed E-state index contributed by atoms with van der Waals surface area (Å²) in [5, 5.41) is 2.74. The third-order valence-corrected chi connectivity index (χ3v) is 4.50. The quantitative estimate of drug-likeness (QED) is 0.639. The van der Waals surface area contributed by atoms with Crippen molar-refractivity contribution >= 4 is 29.1 Å². The van der Waals surface area contributed by atoms with Crippen molar-refractivity contribution in [2.24, 2.45) is 0 Å². The molecule has 27 heavy (non-hydrogen) atoms. The Bertz CT molecular complexity index is 814. The number of ether oxygens (including phenoxy) is 2. The van der Waals surface area contributed by atoms with Gasteiger partial charge in [0, 0.05) is 17.0 Å². The Kier molecular flexibility index (Phi) is 7.60. The smallest absolute Gasteiger partial charge is 0.387 e. The zero-order valence-electron chi connectivity index (χ0n) is 14.8. The largest absolute Gasteiger partial charge is 0.493 e. The lowest BCUT2D eigenvalue weighted by Gasteiger charge is -2.11. The van der Waals surface area contributed by atoms with Crippen LogP contribution in [0.1, 0.15) is 22.8 Å². The molecule has 8 heteroatoms. The number of alkyl halides is 2. The van der Waals surface area contributed by atoms with E-state index in [1.165, 1.54) is 31.9 Å². The number of carbonyl (C=O) groups is 2. The van der Waals surface area contributed by atoms with Crippen molar-refractivity contribution in [3.8, 4) is 11.5 Å². The van der Waals surface area contributed by atoms with Gasteiger partial charge in [-0.25, -0.2) is 0 Å². The van der Waals surface area contributed by atoms with Gasteiger partial charge in [-0.15, -0.1) is 11.8 Å². The van der Waals surface area contributed by atoms with E-state index in [2.05, 4.69) is 10.1 Å². The van der Waals surface area contributed by atoms with Crippen LogP contribution in [0, 0.1) is 0 Å². The number of hydrogen-bond acceptors (Lipinski definition) is 5. The van der Waals surface area contributed by atoms with Crippen molar-refractivity contribution < 1.29 is 27.8 Å². The van der Waals surface area contributed by atoms with Gasteiger partial charge in [0.1, 0.15) is 0 Å². The van der Waals surface area contributed by atoms with E-state index in [0.717, 1.165) is 5.56 Å². The molecule has 2 aromatic carbocycles. The van der Waals surface area contributed by atoms with Crippen molar-refractivity contribution in [1.29, 1.82) is 0 Å². The Balaban J connectivity index is 1.87. The van der Waals surface area contributed by atoms with E-state index < -0.39 is 6.61 Å². The third-order valence-electron chi connectivity index (χ3n) is 3.50. The van der Waals surface area contributed by atoms with Crippen LogP contribution < -0.4 is 14.8 Å². The molecule has 2 aromatic rings. The fourth-order valence-electron chi connectivity index (χ4n) is 2.27. The Morgan fingerprint density at radius 2 is 1.93 bits per heavy atom. The van der Waals surface area contributed by atoms with E-state index in [0.29, 0.717) is 17.0 Å². The molecule has 0 saturated heterocycles. The van der Waals surface area contributed by atoms with Crippen LogP contribution in [0.5, 0.6) is 11.5 Å². The molecular weight excluding hydrogens is 376 g/mol. The number of methoxy groups -OCH3 is 1. The maximum Gasteiger partial charge on any atom is 0.387 e. The van der Waals surface area contributed by atoms with E-state index in [1.54, 1.807) is 36.4 Å². The van der Waals surface area contributed by atoms with Crippen molar-refractivity contribution in [2.45, 2.75) is 19.3 Å². The summed E-state index contributed by atoms with van der Waals surface area (Å²) in [5.41, 5.74) is 1.90. The van der Waals surface area contributed by atoms with Crippen LogP contribution in [0.3, 0.4) is 0 Å². The minimum Gasteiger partial charge on any atom is -0.493 e. The summed E-state index contributed by atoms with van der Waals surface area (Å²) in [6.45, 7) is -1.47. The number of Topliss-reactive ketones (excluding diaryl/α,β-unsaturated/α-hetero) is 1. The highest BCUT2D eigenvalue weighted by atomic mass is 32.2. The Labute approximate surface area is 160 Å². The molecular formula is C19H19F2NO4S. The predicted molar refractivity (Wildman–Crippen MR) is 101 cm³/mol. The number of carbonyl (C=O) groups excluding carboxylic acids is 2. The lowest BCUT2D eigenvalue weighted by molar-refractivity contribution is -0.113. The lowest BCUT2D eigenvalue weighted by atomic mass is 10.1. The second kappa shape index (κ2) is 9.91. The first-order valence-corrected chi connectivity index (χ1v) is 9.15. The number of nitrogens with one attached hydrogen (secondary N) is 1. The zero-order chi connectivity index (χ0) is 19.8. The van der Waals surface area contributed by atoms with Crippen molar-refractivity contribution in [1.82, 2.24) is 0 Å². The van der Waals surface area contributed by atoms with Crippen molar-refractivity contribution in [2.75, 3.05) is 18.2 Å². The van der Waals surface area contributed by atoms with Crippen LogP contribution in [0.4, 0.5) is 14.5 Å². The van der Waals surface area contributed by atoms with E-state index in [4.69, 9.17) is 4.74 Å². The van der Waals surface area contributed by atoms with E-state index in [1.807, 2.05) is 0 Å². The monoisotopic (exact) mass is 395 g/mol. The van der Waals surface area contributed by atoms with Crippen LogP contribution in [-0.4, -0.2) is 31.2 Å². The van der Waals surface area contributed by atoms with Gasteiger partial charge in [-0.2, -0.15) is 8.78 Å². The number of ketones is 1. The van der Waals surface area contributed by atoms with Gasteiger partial charge < -0.3 is 14.8 Å². The first-order chi connectivity index (χ1) is 12.9. The van der Waals surface area contributed by atoms with Gasteiger partial charge in [-0.3, -0.25) is 9.59 Å². The maximum absolute atomic E-state index is 12.3. The predicted octanol–water partition coefficient (Wildman–Crippen LogP) is 4.37. The molecule has 0 heterocycles. The molecule has 0 aliphatic rings. The van der Waals surface area contributed by atoms with Crippen LogP contribution >= 0.6 is 11.8 Å². The summed E-state index contributed by atoms with van der Waals surface area (Å²) in [5.74, 6) is 0.580. The van der Waals surface area contributed by atoms with Gasteiger partial charge in [-0.05, 0) is 36.8 Å². The number of rotatable bonds is 9. The molecule has 0 radical (unpaired) electrons. The second-order valence-electron chi connectivity index (χ2n) is 5.54. The molecule has 0 aliphatic carbocycles. The molecule has 144 valence electrons. The van der Waals surface area contributed by atoms with Gasteiger partial charge in [0.25, 0.3) is 0 Å². The highest BCUT2D eigenvalue weighted by Crippen LogP contribution is 2.30. The molecule has 0 atom stereocenters. The van der Waals surface area contributed by atoms with Crippen molar-refractivity contribution in [3.63, 3.8) is 0 Å². The molecule has 0 fully saturated rings. The first kappa shape index (κ1) is 20.7. The summed E-state index contributed by atoms with van der Waals surface area (Å²) in [7, 11) is 1.37. The number of amides is 1. The molecule has 0 spiro atoms. The third kappa shape index (κ3) is 6.56. The minimum atomic E-state index is -2.93. The van der Waals surface area contributed by atoms with Crippen LogP contribution in [0.15, 0.2) is 42.5 Å². The lowest BCUT2D eigenvalue weighted by Crippen LogP contribution is -2.14. The summed E-state index contributed by atoms with van der Waals surface area (Å²) in [6.07, 6.45) is 0. The number of thioether (sulfide) groups is 1. The van der Waals surface area contributed by atoms with Gasteiger partial charge in [-0.1, -0.05) is 18.2 Å². The van der Waals surface area contributed by atoms with Crippen LogP contribution in [0.25, 0.3) is 0 Å². The normalized spacial score (nSPS) is 10.6. The molecule has 0 aliphatic heterocycles. The summed E-state index contributed by atoms with van der Waals surface area (Å²) in [6, 6.07) is 11.4. The standard InChI is InChI=1S/C19H19F2NO4S/c1-12(23)14-4-3-5-15(9-14)22-18(24)11-27-10-13-6-7-16(26-19(20)21)17(8-13)25-2/h3-9,19H,10-11H2,1-2H3,(H,22,24). The first-order valence-electron chi connectivity index (χ1n) is 7.99. The van der Waals surface area contributed by atoms with Crippen LogP contribution in [0.2, 0.25) is 0 Å². The van der Waals surface area contributed by atoms with Gasteiger partial charge >= 0.3 is 6.61 Å². The summed E-state index contributed by atoms with van der Waals surface area (Å²) in [4.78, 5) is 23.4. The highest BCUT2D eigenvalue weighted by Gasteiger charge is 2.11. The Morgan fingerprint density at radius 3 is 2.59 bits per heavy atom. The second-order valence-corrected chi connectivity index (χ2v) is 6.53. The average Bonchev–Trinajstić information content (AvgIpc) is 2.62. The van der Waals surface area contributed by atoms with Crippen molar-refractivity contribution in [3.05, 3.63) is 53.6 Å². The SMILES string of the molecule is COc1cc(CSCC(=O)Nc2cccc(C(C)=O)c2)ccc1OC(F)F. The molecule has 2 rings (SSSR count). The van der Waals surface area contributed by atoms with Gasteiger partial charge in [0.05, 0.1) is 12.9 Å². The zero-order valence-corrected chi connectivity index (χ0v) is 15.6. The molecule has 0 saturated carbocycles. The molecule has 1 amide bonds. The average molecular weight is 395 g/mol. The number of anilines is 1. The highest BCUT2D eigenvalue weighted by molar-refractivity contribution is 7.99. The van der Waals surface area contributed by atoms with Gasteiger partial charge in [0.2, 0.25) is 5.91 Å². The topological polar surface area (TPSA) is 64.6 Å². The molecule has 0 bridgehead atoms. The summed E-state index contributed by atoms with van der Waals surface area (Å²) >= 11 is 1.36. The summed E-state index contributed by atoms with van der Waals surface area (Å²) < 4.78 is 34.1. The number of hydrogen-bond donors (Lipinski definition) is 1. The molecule has 5 nitrogen and oxygen atoms in total. The molecule has 1 N–H and O–H groups in total. The van der Waals surface area contributed by atoms with Crippen LogP contribution in [-0.2, 0) is 10.5 Å².